The predicted octanol–water partition coefficient (Wildman–Crippen LogP) is 3.49. The molecule has 1 atom stereocenters. The lowest BCUT2D eigenvalue weighted by Crippen LogP contribution is -2.18. The van der Waals surface area contributed by atoms with E-state index >= 15 is 0 Å². The first-order chi connectivity index (χ1) is 9.13. The van der Waals surface area contributed by atoms with Gasteiger partial charge < -0.3 is 5.73 Å². The van der Waals surface area contributed by atoms with Crippen molar-refractivity contribution in [2.45, 2.75) is 24.4 Å². The molecule has 0 fully saturated rings. The van der Waals surface area contributed by atoms with E-state index in [-0.39, 0.29) is 11.9 Å². The number of aryl methyl sites for hydroxylation is 1. The Morgan fingerprint density at radius 2 is 2.21 bits per heavy atom. The summed E-state index contributed by atoms with van der Waals surface area (Å²) in [6, 6.07) is 6.38. The summed E-state index contributed by atoms with van der Waals surface area (Å²) in [5.41, 5.74) is 6.93. The van der Waals surface area contributed by atoms with Gasteiger partial charge in [-0.15, -0.1) is 11.8 Å². The first-order valence-corrected chi connectivity index (χ1v) is 7.34. The van der Waals surface area contributed by atoms with Gasteiger partial charge in [0.25, 0.3) is 0 Å². The highest BCUT2D eigenvalue weighted by Crippen LogP contribution is 2.28. The Bertz CT molecular complexity index is 559. The number of nitrogens with two attached hydrogens (primary N) is 1. The van der Waals surface area contributed by atoms with Crippen LogP contribution in [0.3, 0.4) is 0 Å². The van der Waals surface area contributed by atoms with Crippen LogP contribution >= 0.6 is 23.4 Å². The Kier molecular flexibility index (Phi) is 4.85. The molecule has 19 heavy (non-hydrogen) atoms. The monoisotopic (exact) mass is 299 g/mol. The molecule has 0 saturated carbocycles. The third-order valence-electron chi connectivity index (χ3n) is 2.74. The molecule has 6 heteroatoms. The summed E-state index contributed by atoms with van der Waals surface area (Å²) in [6.07, 6.45) is 1.59. The molecule has 3 nitrogen and oxygen atoms in total. The number of rotatable bonds is 5. The third-order valence-corrected chi connectivity index (χ3v) is 4.20. The molecular formula is C13H15ClFN3S. The second-order valence-electron chi connectivity index (χ2n) is 4.04. The van der Waals surface area contributed by atoms with Gasteiger partial charge in [0.15, 0.2) is 0 Å². The van der Waals surface area contributed by atoms with Gasteiger partial charge in [-0.2, -0.15) is 5.10 Å². The van der Waals surface area contributed by atoms with E-state index in [1.165, 1.54) is 17.8 Å². The van der Waals surface area contributed by atoms with Crippen molar-refractivity contribution >= 4 is 23.4 Å². The lowest BCUT2D eigenvalue weighted by atomic mass is 10.2. The molecule has 1 aromatic carbocycles. The number of hydrogen-bond donors (Lipinski definition) is 1. The second-order valence-corrected chi connectivity index (χ2v) is 5.51. The zero-order valence-electron chi connectivity index (χ0n) is 10.5. The van der Waals surface area contributed by atoms with Gasteiger partial charge >= 0.3 is 0 Å². The average molecular weight is 300 g/mol. The van der Waals surface area contributed by atoms with Crippen LogP contribution in [0, 0.1) is 5.82 Å². The fourth-order valence-electron chi connectivity index (χ4n) is 1.81. The number of benzene rings is 1. The Labute approximate surface area is 120 Å². The summed E-state index contributed by atoms with van der Waals surface area (Å²) < 4.78 is 15.3. The summed E-state index contributed by atoms with van der Waals surface area (Å²) in [5.74, 6) is 0.321. The molecule has 0 spiro atoms. The Morgan fingerprint density at radius 1 is 1.47 bits per heavy atom. The van der Waals surface area contributed by atoms with Gasteiger partial charge in [0.1, 0.15) is 5.82 Å². The molecule has 0 aliphatic rings. The molecule has 102 valence electrons. The van der Waals surface area contributed by atoms with Crippen molar-refractivity contribution < 1.29 is 4.39 Å². The summed E-state index contributed by atoms with van der Waals surface area (Å²) in [6.45, 7) is 2.68. The minimum Gasteiger partial charge on any atom is -0.322 e. The van der Waals surface area contributed by atoms with Crippen LogP contribution in [0.2, 0.25) is 5.02 Å². The van der Waals surface area contributed by atoms with E-state index in [0.717, 1.165) is 5.69 Å². The van der Waals surface area contributed by atoms with Crippen LogP contribution in [0.5, 0.6) is 0 Å². The van der Waals surface area contributed by atoms with Crippen molar-refractivity contribution in [1.82, 2.24) is 9.78 Å². The minimum atomic E-state index is -0.278. The topological polar surface area (TPSA) is 43.8 Å². The third kappa shape index (κ3) is 3.29. The van der Waals surface area contributed by atoms with Crippen LogP contribution in [0.1, 0.15) is 18.7 Å². The average Bonchev–Trinajstić information content (AvgIpc) is 2.78. The van der Waals surface area contributed by atoms with Crippen molar-refractivity contribution in [3.8, 4) is 0 Å². The zero-order chi connectivity index (χ0) is 13.8. The maximum Gasteiger partial charge on any atom is 0.136 e. The number of halogens is 2. The maximum absolute atomic E-state index is 13.5. The van der Waals surface area contributed by atoms with Crippen LogP contribution in [-0.2, 0) is 6.54 Å². The van der Waals surface area contributed by atoms with E-state index in [4.69, 9.17) is 17.3 Å². The zero-order valence-corrected chi connectivity index (χ0v) is 12.1. The molecule has 1 heterocycles. The molecule has 2 rings (SSSR count). The van der Waals surface area contributed by atoms with Crippen LogP contribution in [0.4, 0.5) is 4.39 Å². The molecule has 2 aromatic rings. The van der Waals surface area contributed by atoms with Gasteiger partial charge in [-0.3, -0.25) is 4.68 Å². The maximum atomic E-state index is 13.5. The van der Waals surface area contributed by atoms with Crippen molar-refractivity contribution in [1.29, 1.82) is 0 Å². The van der Waals surface area contributed by atoms with Crippen molar-refractivity contribution in [2.75, 3.05) is 5.75 Å². The van der Waals surface area contributed by atoms with E-state index in [2.05, 4.69) is 5.10 Å². The molecule has 0 aliphatic heterocycles. The van der Waals surface area contributed by atoms with Gasteiger partial charge in [0, 0.05) is 17.2 Å². The normalized spacial score (nSPS) is 12.6. The van der Waals surface area contributed by atoms with E-state index in [9.17, 15) is 4.39 Å². The molecule has 0 radical (unpaired) electrons. The van der Waals surface area contributed by atoms with E-state index in [0.29, 0.717) is 22.2 Å². The Hall–Kier alpha value is -1.04. The first-order valence-electron chi connectivity index (χ1n) is 5.97. The van der Waals surface area contributed by atoms with Crippen molar-refractivity contribution in [3.05, 3.63) is 47.0 Å². The molecule has 0 bridgehead atoms. The summed E-state index contributed by atoms with van der Waals surface area (Å²) in [4.78, 5) is 0.594. The highest BCUT2D eigenvalue weighted by Gasteiger charge is 2.17. The largest absolute Gasteiger partial charge is 0.322 e. The standard InChI is InChI=1S/C13H15ClFN3S/c1-2-18-13(9(14)7-17-18)11(16)8-19-12-6-4-3-5-10(12)15/h3-7,11H,2,8,16H2,1H3. The molecule has 0 amide bonds. The lowest BCUT2D eigenvalue weighted by molar-refractivity contribution is 0.590. The highest BCUT2D eigenvalue weighted by atomic mass is 35.5. The minimum absolute atomic E-state index is 0.227. The molecule has 2 N–H and O–H groups in total. The summed E-state index contributed by atoms with van der Waals surface area (Å²) >= 11 is 7.47. The second kappa shape index (κ2) is 6.41. The highest BCUT2D eigenvalue weighted by molar-refractivity contribution is 7.99. The molecular weight excluding hydrogens is 285 g/mol. The quantitative estimate of drug-likeness (QED) is 0.860. The summed E-state index contributed by atoms with van der Waals surface area (Å²) in [5, 5.41) is 4.71. The van der Waals surface area contributed by atoms with Gasteiger partial charge in [0.05, 0.1) is 23.0 Å². The fraction of sp³-hybridized carbons (Fsp3) is 0.308. The van der Waals surface area contributed by atoms with Gasteiger partial charge in [0.2, 0.25) is 0 Å². The Morgan fingerprint density at radius 3 is 2.89 bits per heavy atom. The van der Waals surface area contributed by atoms with Crippen LogP contribution in [-0.4, -0.2) is 15.5 Å². The smallest absolute Gasteiger partial charge is 0.136 e. The van der Waals surface area contributed by atoms with Gasteiger partial charge in [-0.05, 0) is 19.1 Å². The van der Waals surface area contributed by atoms with E-state index in [1.807, 2.05) is 6.92 Å². The molecule has 0 saturated heterocycles. The number of nitrogens with zero attached hydrogens (tertiary/aromatic N) is 2. The number of thioether (sulfide) groups is 1. The van der Waals surface area contributed by atoms with Crippen LogP contribution in [0.15, 0.2) is 35.4 Å². The van der Waals surface area contributed by atoms with Crippen LogP contribution < -0.4 is 5.73 Å². The summed E-state index contributed by atoms with van der Waals surface area (Å²) in [7, 11) is 0. The van der Waals surface area contributed by atoms with Gasteiger partial charge in [-0.1, -0.05) is 23.7 Å². The fourth-order valence-corrected chi connectivity index (χ4v) is 2.99. The SMILES string of the molecule is CCn1ncc(Cl)c1C(N)CSc1ccccc1F. The van der Waals surface area contributed by atoms with E-state index < -0.39 is 0 Å². The first kappa shape index (κ1) is 14.4. The molecule has 0 aliphatic carbocycles. The Balaban J connectivity index is 2.07. The lowest BCUT2D eigenvalue weighted by Gasteiger charge is -2.14. The van der Waals surface area contributed by atoms with Crippen molar-refractivity contribution in [2.24, 2.45) is 5.73 Å². The molecule has 1 aromatic heterocycles. The van der Waals surface area contributed by atoms with Gasteiger partial charge in [-0.25, -0.2) is 4.39 Å². The number of hydrogen-bond acceptors (Lipinski definition) is 3. The van der Waals surface area contributed by atoms with Crippen molar-refractivity contribution in [3.63, 3.8) is 0 Å². The predicted molar refractivity (Wildman–Crippen MR) is 77.0 cm³/mol. The molecule has 1 unspecified atom stereocenters. The van der Waals surface area contributed by atoms with Crippen LogP contribution in [0.25, 0.3) is 0 Å². The van der Waals surface area contributed by atoms with E-state index in [1.54, 1.807) is 29.1 Å². The number of aromatic nitrogens is 2.